The monoisotopic (exact) mass is 230 g/mol. The molecule has 0 unspecified atom stereocenters. The Balaban J connectivity index is 4.35. The summed E-state index contributed by atoms with van der Waals surface area (Å²) >= 11 is 0. The molecule has 0 fully saturated rings. The molecular formula is C9H18N4O3. The van der Waals surface area contributed by atoms with Crippen LogP contribution < -0.4 is 22.1 Å². The summed E-state index contributed by atoms with van der Waals surface area (Å²) in [5.74, 6) is -1.62. The molecule has 0 rings (SSSR count). The molecule has 0 aliphatic rings. The van der Waals surface area contributed by atoms with Crippen LogP contribution in [-0.4, -0.2) is 36.9 Å². The average Bonchev–Trinajstić information content (AvgIpc) is 2.21. The SMILES string of the molecule is CC(C)[C@H](NC(=O)CN)C(=O)NCC(N)=O. The Morgan fingerprint density at radius 3 is 2.19 bits per heavy atom. The number of hydrogen-bond donors (Lipinski definition) is 4. The highest BCUT2D eigenvalue weighted by Crippen LogP contribution is 2.01. The fourth-order valence-electron chi connectivity index (χ4n) is 1.05. The third-order valence-electron chi connectivity index (χ3n) is 1.89. The highest BCUT2D eigenvalue weighted by atomic mass is 16.2. The van der Waals surface area contributed by atoms with Crippen LogP contribution in [0.25, 0.3) is 0 Å². The average molecular weight is 230 g/mol. The van der Waals surface area contributed by atoms with E-state index in [4.69, 9.17) is 11.5 Å². The normalized spacial score (nSPS) is 12.0. The van der Waals surface area contributed by atoms with E-state index in [9.17, 15) is 14.4 Å². The molecule has 0 saturated heterocycles. The molecule has 0 aromatic rings. The summed E-state index contributed by atoms with van der Waals surface area (Å²) in [5.41, 5.74) is 10.0. The Labute approximate surface area is 93.9 Å². The molecule has 6 N–H and O–H groups in total. The maximum absolute atomic E-state index is 11.6. The summed E-state index contributed by atoms with van der Waals surface area (Å²) in [7, 11) is 0. The predicted molar refractivity (Wildman–Crippen MR) is 58.0 cm³/mol. The van der Waals surface area contributed by atoms with Crippen molar-refractivity contribution >= 4 is 17.7 Å². The van der Waals surface area contributed by atoms with Gasteiger partial charge in [-0.25, -0.2) is 0 Å². The van der Waals surface area contributed by atoms with Crippen molar-refractivity contribution < 1.29 is 14.4 Å². The van der Waals surface area contributed by atoms with Crippen molar-refractivity contribution in [3.8, 4) is 0 Å². The molecule has 16 heavy (non-hydrogen) atoms. The summed E-state index contributed by atoms with van der Waals surface area (Å²) in [6.45, 7) is 3.10. The maximum atomic E-state index is 11.6. The fourth-order valence-corrected chi connectivity index (χ4v) is 1.05. The zero-order valence-corrected chi connectivity index (χ0v) is 9.45. The van der Waals surface area contributed by atoms with Gasteiger partial charge < -0.3 is 22.1 Å². The van der Waals surface area contributed by atoms with Crippen LogP contribution in [0.1, 0.15) is 13.8 Å². The molecule has 0 heterocycles. The Morgan fingerprint density at radius 2 is 1.81 bits per heavy atom. The van der Waals surface area contributed by atoms with E-state index in [0.717, 1.165) is 0 Å². The minimum atomic E-state index is -0.713. The lowest BCUT2D eigenvalue weighted by Crippen LogP contribution is -2.52. The lowest BCUT2D eigenvalue weighted by molar-refractivity contribution is -0.130. The number of rotatable bonds is 6. The Hall–Kier alpha value is -1.63. The van der Waals surface area contributed by atoms with E-state index in [-0.39, 0.29) is 19.0 Å². The molecule has 0 saturated carbocycles. The smallest absolute Gasteiger partial charge is 0.243 e. The van der Waals surface area contributed by atoms with Gasteiger partial charge in [-0.3, -0.25) is 14.4 Å². The Morgan fingerprint density at radius 1 is 1.25 bits per heavy atom. The van der Waals surface area contributed by atoms with Crippen molar-refractivity contribution in [3.63, 3.8) is 0 Å². The number of carbonyl (C=O) groups is 3. The number of primary amides is 1. The Kier molecular flexibility index (Phi) is 6.09. The highest BCUT2D eigenvalue weighted by molar-refractivity contribution is 5.90. The van der Waals surface area contributed by atoms with Crippen molar-refractivity contribution in [3.05, 3.63) is 0 Å². The van der Waals surface area contributed by atoms with Crippen LogP contribution in [0.2, 0.25) is 0 Å². The predicted octanol–water partition coefficient (Wildman–Crippen LogP) is -2.31. The summed E-state index contributed by atoms with van der Waals surface area (Å²) < 4.78 is 0. The van der Waals surface area contributed by atoms with Crippen molar-refractivity contribution in [2.45, 2.75) is 19.9 Å². The largest absolute Gasteiger partial charge is 0.368 e. The third-order valence-corrected chi connectivity index (χ3v) is 1.89. The topological polar surface area (TPSA) is 127 Å². The van der Waals surface area contributed by atoms with Crippen LogP contribution in [0, 0.1) is 5.92 Å². The van der Waals surface area contributed by atoms with E-state index < -0.39 is 23.8 Å². The van der Waals surface area contributed by atoms with E-state index in [2.05, 4.69) is 10.6 Å². The molecular weight excluding hydrogens is 212 g/mol. The molecule has 7 heteroatoms. The van der Waals surface area contributed by atoms with Gasteiger partial charge in [-0.15, -0.1) is 0 Å². The standard InChI is InChI=1S/C9H18N4O3/c1-5(2)8(13-7(15)3-10)9(16)12-4-6(11)14/h5,8H,3-4,10H2,1-2H3,(H2,11,14)(H,12,16)(H,13,15)/t8-/m0/s1. The van der Waals surface area contributed by atoms with Crippen LogP contribution in [-0.2, 0) is 14.4 Å². The second-order valence-corrected chi connectivity index (χ2v) is 3.68. The molecule has 0 bridgehead atoms. The summed E-state index contributed by atoms with van der Waals surface area (Å²) in [6, 6.07) is -0.713. The van der Waals surface area contributed by atoms with Gasteiger partial charge in [0.15, 0.2) is 0 Å². The minimum Gasteiger partial charge on any atom is -0.368 e. The van der Waals surface area contributed by atoms with Gasteiger partial charge in [-0.1, -0.05) is 13.8 Å². The first kappa shape index (κ1) is 14.4. The molecule has 3 amide bonds. The van der Waals surface area contributed by atoms with Gasteiger partial charge in [-0.05, 0) is 5.92 Å². The second kappa shape index (κ2) is 6.78. The third kappa shape index (κ3) is 5.30. The van der Waals surface area contributed by atoms with Gasteiger partial charge in [0, 0.05) is 0 Å². The van der Waals surface area contributed by atoms with E-state index in [1.54, 1.807) is 13.8 Å². The van der Waals surface area contributed by atoms with Crippen molar-refractivity contribution in [2.24, 2.45) is 17.4 Å². The van der Waals surface area contributed by atoms with Crippen molar-refractivity contribution in [1.82, 2.24) is 10.6 Å². The number of amides is 3. The second-order valence-electron chi connectivity index (χ2n) is 3.68. The van der Waals surface area contributed by atoms with Gasteiger partial charge in [0.25, 0.3) is 0 Å². The summed E-state index contributed by atoms with van der Waals surface area (Å²) in [4.78, 5) is 33.1. The molecule has 92 valence electrons. The van der Waals surface area contributed by atoms with Crippen LogP contribution in [0.15, 0.2) is 0 Å². The summed E-state index contributed by atoms with van der Waals surface area (Å²) in [5, 5.41) is 4.79. The molecule has 7 nitrogen and oxygen atoms in total. The Bertz CT molecular complexity index is 278. The minimum absolute atomic E-state index is 0.108. The number of nitrogens with two attached hydrogens (primary N) is 2. The first-order valence-corrected chi connectivity index (χ1v) is 4.94. The van der Waals surface area contributed by atoms with Crippen LogP contribution in [0.3, 0.4) is 0 Å². The van der Waals surface area contributed by atoms with E-state index in [1.165, 1.54) is 0 Å². The molecule has 1 atom stereocenters. The first-order valence-electron chi connectivity index (χ1n) is 4.94. The van der Waals surface area contributed by atoms with E-state index in [1.807, 2.05) is 0 Å². The van der Waals surface area contributed by atoms with Gasteiger partial charge in [0.05, 0.1) is 13.1 Å². The van der Waals surface area contributed by atoms with Crippen LogP contribution >= 0.6 is 0 Å². The zero-order valence-electron chi connectivity index (χ0n) is 9.45. The molecule has 0 radical (unpaired) electrons. The van der Waals surface area contributed by atoms with Gasteiger partial charge >= 0.3 is 0 Å². The summed E-state index contributed by atoms with van der Waals surface area (Å²) in [6.07, 6.45) is 0. The van der Waals surface area contributed by atoms with E-state index >= 15 is 0 Å². The van der Waals surface area contributed by atoms with Gasteiger partial charge in [0.1, 0.15) is 6.04 Å². The lowest BCUT2D eigenvalue weighted by Gasteiger charge is -2.20. The van der Waals surface area contributed by atoms with Gasteiger partial charge in [-0.2, -0.15) is 0 Å². The number of nitrogens with one attached hydrogen (secondary N) is 2. The molecule has 0 aliphatic carbocycles. The number of hydrogen-bond acceptors (Lipinski definition) is 4. The van der Waals surface area contributed by atoms with Crippen molar-refractivity contribution in [2.75, 3.05) is 13.1 Å². The molecule has 0 aliphatic heterocycles. The van der Waals surface area contributed by atoms with E-state index in [0.29, 0.717) is 0 Å². The quantitative estimate of drug-likeness (QED) is 0.408. The van der Waals surface area contributed by atoms with Gasteiger partial charge in [0.2, 0.25) is 17.7 Å². The van der Waals surface area contributed by atoms with Crippen LogP contribution in [0.4, 0.5) is 0 Å². The van der Waals surface area contributed by atoms with Crippen LogP contribution in [0.5, 0.6) is 0 Å². The molecule has 0 spiro atoms. The first-order chi connectivity index (χ1) is 7.38. The maximum Gasteiger partial charge on any atom is 0.243 e. The number of carbonyl (C=O) groups excluding carboxylic acids is 3. The molecule has 0 aromatic carbocycles. The molecule has 0 aromatic heterocycles. The lowest BCUT2D eigenvalue weighted by atomic mass is 10.0. The fraction of sp³-hybridized carbons (Fsp3) is 0.667. The zero-order chi connectivity index (χ0) is 12.7. The highest BCUT2D eigenvalue weighted by Gasteiger charge is 2.23. The van der Waals surface area contributed by atoms with Crippen molar-refractivity contribution in [1.29, 1.82) is 0 Å².